The molecule has 3 unspecified atom stereocenters. The number of hydrogen-bond acceptors (Lipinski definition) is 3. The average molecular weight is 382 g/mol. The van der Waals surface area contributed by atoms with E-state index in [9.17, 15) is 4.79 Å². The summed E-state index contributed by atoms with van der Waals surface area (Å²) in [6, 6.07) is 0. The van der Waals surface area contributed by atoms with Crippen molar-refractivity contribution in [3.05, 3.63) is 0 Å². The maximum Gasteiger partial charge on any atom is 0.220 e. The van der Waals surface area contributed by atoms with Gasteiger partial charge in [0, 0.05) is 26.1 Å². The highest BCUT2D eigenvalue weighted by molar-refractivity contribution is 5.85. The number of carbonyl (C=O) groups excluding carboxylic acids is 1. The van der Waals surface area contributed by atoms with Crippen LogP contribution in [0.25, 0.3) is 0 Å². The Hall–Kier alpha value is -0.0300. The summed E-state index contributed by atoms with van der Waals surface area (Å²) < 4.78 is 0. The van der Waals surface area contributed by atoms with Crippen LogP contribution in [-0.2, 0) is 4.79 Å². The fraction of sp³-hybridized carbons (Fsp3) is 0.944. The smallest absolute Gasteiger partial charge is 0.220 e. The van der Waals surface area contributed by atoms with Crippen LogP contribution in [0.2, 0.25) is 0 Å². The molecule has 0 aromatic heterocycles. The van der Waals surface area contributed by atoms with Gasteiger partial charge in [0.2, 0.25) is 5.91 Å². The highest BCUT2D eigenvalue weighted by Gasteiger charge is 2.21. The zero-order chi connectivity index (χ0) is 15.8. The maximum absolute atomic E-state index is 11.8. The molecule has 3 atom stereocenters. The van der Waals surface area contributed by atoms with Crippen molar-refractivity contribution in [2.24, 2.45) is 17.8 Å². The Morgan fingerprint density at radius 2 is 1.88 bits per heavy atom. The summed E-state index contributed by atoms with van der Waals surface area (Å²) in [5, 5.41) is 6.44. The fourth-order valence-electron chi connectivity index (χ4n) is 4.05. The Balaban J connectivity index is 0.00000264. The first-order chi connectivity index (χ1) is 10.6. The van der Waals surface area contributed by atoms with Gasteiger partial charge in [-0.3, -0.25) is 4.79 Å². The Morgan fingerprint density at radius 1 is 1.17 bits per heavy atom. The molecule has 2 fully saturated rings. The van der Waals surface area contributed by atoms with E-state index in [2.05, 4.69) is 29.4 Å². The van der Waals surface area contributed by atoms with Gasteiger partial charge in [-0.2, -0.15) is 0 Å². The van der Waals surface area contributed by atoms with Gasteiger partial charge >= 0.3 is 0 Å². The Bertz CT molecular complexity index is 328. The number of unbranched alkanes of at least 4 members (excludes halogenated alkanes) is 1. The summed E-state index contributed by atoms with van der Waals surface area (Å²) in [6.07, 6.45) is 6.67. The molecule has 2 heterocycles. The van der Waals surface area contributed by atoms with Gasteiger partial charge in [-0.05, 0) is 69.5 Å². The van der Waals surface area contributed by atoms with Crippen LogP contribution in [0, 0.1) is 17.8 Å². The number of carbonyl (C=O) groups is 1. The molecule has 0 saturated carbocycles. The van der Waals surface area contributed by atoms with Crippen LogP contribution in [0.3, 0.4) is 0 Å². The third kappa shape index (κ3) is 9.45. The van der Waals surface area contributed by atoms with Crippen molar-refractivity contribution in [3.8, 4) is 0 Å². The minimum atomic E-state index is 0. The third-order valence-electron chi connectivity index (χ3n) is 5.11. The van der Waals surface area contributed by atoms with E-state index in [1.165, 1.54) is 38.9 Å². The first-order valence-electron chi connectivity index (χ1n) is 9.33. The van der Waals surface area contributed by atoms with E-state index in [4.69, 9.17) is 0 Å². The molecule has 2 rings (SSSR count). The maximum atomic E-state index is 11.8. The van der Waals surface area contributed by atoms with E-state index in [0.717, 1.165) is 44.3 Å². The number of hydrogen-bond donors (Lipinski definition) is 2. The molecule has 0 spiro atoms. The molecule has 1 amide bonds. The summed E-state index contributed by atoms with van der Waals surface area (Å²) in [4.78, 5) is 14.4. The van der Waals surface area contributed by atoms with Gasteiger partial charge < -0.3 is 15.5 Å². The number of likely N-dealkylation sites (tertiary alicyclic amines) is 1. The van der Waals surface area contributed by atoms with Gasteiger partial charge in [-0.25, -0.2) is 0 Å². The summed E-state index contributed by atoms with van der Waals surface area (Å²) in [6.45, 7) is 11.5. The first-order valence-corrected chi connectivity index (χ1v) is 9.33. The number of piperidine rings is 1. The second-order valence-electron chi connectivity index (χ2n) is 7.66. The quantitative estimate of drug-likeness (QED) is 0.634. The molecule has 2 aliphatic heterocycles. The van der Waals surface area contributed by atoms with Gasteiger partial charge in [-0.1, -0.05) is 13.8 Å². The molecule has 0 bridgehead atoms. The van der Waals surface area contributed by atoms with Crippen LogP contribution < -0.4 is 10.6 Å². The SMILES string of the molecule is CC1CC(C)CN(CCCCNC(=O)CCC2CCNC2)C1.Cl.Cl. The first kappa shape index (κ1) is 24.0. The molecular formula is C18H37Cl2N3O. The van der Waals surface area contributed by atoms with Crippen molar-refractivity contribution in [3.63, 3.8) is 0 Å². The van der Waals surface area contributed by atoms with Crippen molar-refractivity contribution < 1.29 is 4.79 Å². The van der Waals surface area contributed by atoms with Crippen molar-refractivity contribution >= 4 is 30.7 Å². The number of rotatable bonds is 8. The van der Waals surface area contributed by atoms with Gasteiger partial charge in [0.1, 0.15) is 0 Å². The predicted molar refractivity (Wildman–Crippen MR) is 106 cm³/mol. The van der Waals surface area contributed by atoms with Crippen LogP contribution in [-0.4, -0.2) is 50.1 Å². The number of nitrogens with one attached hydrogen (secondary N) is 2. The van der Waals surface area contributed by atoms with Gasteiger partial charge in [0.25, 0.3) is 0 Å². The zero-order valence-corrected chi connectivity index (χ0v) is 17.0. The lowest BCUT2D eigenvalue weighted by molar-refractivity contribution is -0.121. The molecule has 0 aliphatic carbocycles. The Kier molecular flexibility index (Phi) is 13.2. The molecular weight excluding hydrogens is 345 g/mol. The molecule has 2 aliphatic rings. The van der Waals surface area contributed by atoms with Gasteiger partial charge in [-0.15, -0.1) is 24.8 Å². The normalized spacial score (nSPS) is 27.2. The predicted octanol–water partition coefficient (Wildman–Crippen LogP) is 3.09. The molecule has 24 heavy (non-hydrogen) atoms. The molecule has 4 nitrogen and oxygen atoms in total. The van der Waals surface area contributed by atoms with E-state index >= 15 is 0 Å². The third-order valence-corrected chi connectivity index (χ3v) is 5.11. The van der Waals surface area contributed by atoms with E-state index < -0.39 is 0 Å². The molecule has 0 aromatic rings. The van der Waals surface area contributed by atoms with Crippen LogP contribution in [0.4, 0.5) is 0 Å². The van der Waals surface area contributed by atoms with E-state index in [1.807, 2.05) is 0 Å². The number of amides is 1. The minimum absolute atomic E-state index is 0. The van der Waals surface area contributed by atoms with Crippen LogP contribution in [0.1, 0.15) is 52.4 Å². The molecule has 0 aromatic carbocycles. The lowest BCUT2D eigenvalue weighted by Gasteiger charge is -2.34. The zero-order valence-electron chi connectivity index (χ0n) is 15.4. The molecule has 0 radical (unpaired) electrons. The highest BCUT2D eigenvalue weighted by atomic mass is 35.5. The molecule has 144 valence electrons. The largest absolute Gasteiger partial charge is 0.356 e. The van der Waals surface area contributed by atoms with E-state index in [1.54, 1.807) is 0 Å². The number of nitrogens with zero attached hydrogens (tertiary/aromatic N) is 1. The summed E-state index contributed by atoms with van der Waals surface area (Å²) in [7, 11) is 0. The fourth-order valence-corrected chi connectivity index (χ4v) is 4.05. The monoisotopic (exact) mass is 381 g/mol. The topological polar surface area (TPSA) is 44.4 Å². The molecule has 2 N–H and O–H groups in total. The second kappa shape index (κ2) is 13.2. The lowest BCUT2D eigenvalue weighted by Crippen LogP contribution is -2.39. The lowest BCUT2D eigenvalue weighted by atomic mass is 9.92. The minimum Gasteiger partial charge on any atom is -0.356 e. The van der Waals surface area contributed by atoms with E-state index in [-0.39, 0.29) is 30.7 Å². The summed E-state index contributed by atoms with van der Waals surface area (Å²) in [5.74, 6) is 2.64. The number of halogens is 2. The van der Waals surface area contributed by atoms with Crippen molar-refractivity contribution in [2.75, 3.05) is 39.3 Å². The Labute approximate surface area is 160 Å². The highest BCUT2D eigenvalue weighted by Crippen LogP contribution is 2.21. The molecule has 6 heteroatoms. The summed E-state index contributed by atoms with van der Waals surface area (Å²) >= 11 is 0. The van der Waals surface area contributed by atoms with Crippen molar-refractivity contribution in [1.29, 1.82) is 0 Å². The van der Waals surface area contributed by atoms with Crippen molar-refractivity contribution in [2.45, 2.75) is 52.4 Å². The summed E-state index contributed by atoms with van der Waals surface area (Å²) in [5.41, 5.74) is 0. The van der Waals surface area contributed by atoms with Crippen LogP contribution >= 0.6 is 24.8 Å². The van der Waals surface area contributed by atoms with Crippen molar-refractivity contribution in [1.82, 2.24) is 15.5 Å². The Morgan fingerprint density at radius 3 is 2.50 bits per heavy atom. The van der Waals surface area contributed by atoms with E-state index in [0.29, 0.717) is 12.3 Å². The second-order valence-corrected chi connectivity index (χ2v) is 7.66. The van der Waals surface area contributed by atoms with Crippen LogP contribution in [0.5, 0.6) is 0 Å². The molecule has 2 saturated heterocycles. The standard InChI is InChI=1S/C18H35N3O.2ClH/c1-15-11-16(2)14-21(13-15)10-4-3-8-20-18(22)6-5-17-7-9-19-12-17;;/h15-17,19H,3-14H2,1-2H3,(H,20,22);2*1H. The van der Waals surface area contributed by atoms with Gasteiger partial charge in [0.05, 0.1) is 0 Å². The average Bonchev–Trinajstić information content (AvgIpc) is 2.97. The van der Waals surface area contributed by atoms with Crippen LogP contribution in [0.15, 0.2) is 0 Å². The van der Waals surface area contributed by atoms with Gasteiger partial charge in [0.15, 0.2) is 0 Å².